The Labute approximate surface area is 191 Å². The number of aromatic nitrogens is 1. The van der Waals surface area contributed by atoms with Crippen molar-refractivity contribution < 1.29 is 9.53 Å². The number of nitrogens with zero attached hydrogens (tertiary/aromatic N) is 4. The number of hydrogen-bond donors (Lipinski definition) is 2. The highest BCUT2D eigenvalue weighted by atomic mass is 16.5. The van der Waals surface area contributed by atoms with Gasteiger partial charge in [0.15, 0.2) is 5.96 Å². The molecule has 4 rings (SSSR count). The highest BCUT2D eigenvalue weighted by molar-refractivity contribution is 5.81. The lowest BCUT2D eigenvalue weighted by Gasteiger charge is -2.29. The molecule has 1 amide bonds. The molecule has 1 saturated carbocycles. The van der Waals surface area contributed by atoms with Crippen molar-refractivity contribution in [3.8, 4) is 0 Å². The van der Waals surface area contributed by atoms with E-state index in [0.717, 1.165) is 82.5 Å². The molecule has 8 heteroatoms. The number of likely N-dealkylation sites (tertiary alicyclic amines) is 1. The summed E-state index contributed by atoms with van der Waals surface area (Å²) in [6.07, 6.45) is 8.61. The largest absolute Gasteiger partial charge is 0.378 e. The highest BCUT2D eigenvalue weighted by Gasteiger charge is 2.31. The first-order valence-electron chi connectivity index (χ1n) is 12.3. The van der Waals surface area contributed by atoms with Gasteiger partial charge in [0, 0.05) is 56.4 Å². The second kappa shape index (κ2) is 11.5. The monoisotopic (exact) mass is 442 g/mol. The van der Waals surface area contributed by atoms with Crippen LogP contribution in [0.2, 0.25) is 0 Å². The zero-order chi connectivity index (χ0) is 22.2. The molecule has 2 aliphatic heterocycles. The van der Waals surface area contributed by atoms with E-state index in [-0.39, 0.29) is 12.0 Å². The van der Waals surface area contributed by atoms with E-state index in [1.54, 1.807) is 0 Å². The zero-order valence-electron chi connectivity index (χ0n) is 19.4. The maximum absolute atomic E-state index is 12.9. The van der Waals surface area contributed by atoms with Gasteiger partial charge in [0.25, 0.3) is 0 Å². The Hall–Kier alpha value is -2.35. The van der Waals surface area contributed by atoms with Crippen molar-refractivity contribution in [1.29, 1.82) is 0 Å². The summed E-state index contributed by atoms with van der Waals surface area (Å²) in [7, 11) is 0. The number of guanidine groups is 1. The molecule has 32 heavy (non-hydrogen) atoms. The minimum Gasteiger partial charge on any atom is -0.378 e. The zero-order valence-corrected chi connectivity index (χ0v) is 19.4. The molecule has 176 valence electrons. The fraction of sp³-hybridized carbons (Fsp3) is 0.708. The van der Waals surface area contributed by atoms with Crippen molar-refractivity contribution in [2.45, 2.75) is 58.0 Å². The van der Waals surface area contributed by atoms with Crippen molar-refractivity contribution >= 4 is 17.7 Å². The summed E-state index contributed by atoms with van der Waals surface area (Å²) < 4.78 is 5.48. The Morgan fingerprint density at radius 3 is 2.78 bits per heavy atom. The number of carbonyl (C=O) groups excluding carboxylic acids is 1. The Bertz CT molecular complexity index is 774. The molecule has 3 fully saturated rings. The number of amides is 1. The molecule has 2 N–H and O–H groups in total. The van der Waals surface area contributed by atoms with Crippen LogP contribution in [-0.2, 0) is 16.1 Å². The van der Waals surface area contributed by atoms with Gasteiger partial charge in [-0.3, -0.25) is 4.79 Å². The Kier molecular flexibility index (Phi) is 8.20. The second-order valence-electron chi connectivity index (χ2n) is 9.03. The molecular weight excluding hydrogens is 404 g/mol. The van der Waals surface area contributed by atoms with Crippen LogP contribution in [0, 0.1) is 5.92 Å². The normalized spacial score (nSPS) is 22.8. The van der Waals surface area contributed by atoms with Crippen molar-refractivity contribution in [1.82, 2.24) is 20.5 Å². The Balaban J connectivity index is 1.35. The third-order valence-corrected chi connectivity index (χ3v) is 6.73. The average molecular weight is 443 g/mol. The van der Waals surface area contributed by atoms with E-state index < -0.39 is 0 Å². The van der Waals surface area contributed by atoms with Crippen molar-refractivity contribution in [3.63, 3.8) is 0 Å². The van der Waals surface area contributed by atoms with E-state index in [1.165, 1.54) is 19.3 Å². The van der Waals surface area contributed by atoms with Crippen LogP contribution in [0.3, 0.4) is 0 Å². The van der Waals surface area contributed by atoms with Crippen LogP contribution in [0.5, 0.6) is 0 Å². The molecule has 8 nitrogen and oxygen atoms in total. The van der Waals surface area contributed by atoms with Gasteiger partial charge in [-0.15, -0.1) is 0 Å². The molecule has 1 aliphatic carbocycles. The quantitative estimate of drug-likeness (QED) is 0.519. The van der Waals surface area contributed by atoms with E-state index >= 15 is 0 Å². The van der Waals surface area contributed by atoms with Gasteiger partial charge in [0.2, 0.25) is 5.91 Å². The summed E-state index contributed by atoms with van der Waals surface area (Å²) in [6, 6.07) is 4.32. The van der Waals surface area contributed by atoms with Gasteiger partial charge in [0.1, 0.15) is 5.82 Å². The van der Waals surface area contributed by atoms with Crippen LogP contribution in [0.25, 0.3) is 0 Å². The molecule has 0 bridgehead atoms. The standard InChI is InChI=1S/C24H38N6O2/c1-2-25-24(27-17-20-9-6-11-26-22(20)29-13-15-32-16-14-29)28-21-10-12-30(18-21)23(31)19-7-4-3-5-8-19/h6,9,11,19,21H,2-5,7-8,10,12-18H2,1H3,(H2,25,27,28). The van der Waals surface area contributed by atoms with Gasteiger partial charge in [0.05, 0.1) is 19.8 Å². The van der Waals surface area contributed by atoms with E-state index in [4.69, 9.17) is 9.73 Å². The lowest BCUT2D eigenvalue weighted by atomic mass is 9.88. The number of rotatable bonds is 6. The molecule has 3 heterocycles. The van der Waals surface area contributed by atoms with E-state index in [0.29, 0.717) is 12.5 Å². The van der Waals surface area contributed by atoms with E-state index in [9.17, 15) is 4.79 Å². The number of ether oxygens (including phenoxy) is 1. The molecule has 3 aliphatic rings. The van der Waals surface area contributed by atoms with Gasteiger partial charge >= 0.3 is 0 Å². The van der Waals surface area contributed by atoms with Crippen LogP contribution >= 0.6 is 0 Å². The number of pyridine rings is 1. The van der Waals surface area contributed by atoms with E-state index in [2.05, 4.69) is 38.4 Å². The Morgan fingerprint density at radius 2 is 2.00 bits per heavy atom. The fourth-order valence-electron chi connectivity index (χ4n) is 4.98. The summed E-state index contributed by atoms with van der Waals surface area (Å²) in [5.74, 6) is 2.41. The number of morpholine rings is 1. The van der Waals surface area contributed by atoms with Gasteiger partial charge in [-0.2, -0.15) is 0 Å². The third-order valence-electron chi connectivity index (χ3n) is 6.73. The van der Waals surface area contributed by atoms with Gasteiger partial charge in [-0.1, -0.05) is 25.3 Å². The van der Waals surface area contributed by atoms with Crippen molar-refractivity contribution in [2.24, 2.45) is 10.9 Å². The molecular formula is C24H38N6O2. The summed E-state index contributed by atoms with van der Waals surface area (Å²) in [6.45, 7) is 8.25. The van der Waals surface area contributed by atoms with Crippen LogP contribution < -0.4 is 15.5 Å². The van der Waals surface area contributed by atoms with E-state index in [1.807, 2.05) is 12.3 Å². The van der Waals surface area contributed by atoms with Gasteiger partial charge in [-0.25, -0.2) is 9.98 Å². The third kappa shape index (κ3) is 5.91. The molecule has 0 aromatic carbocycles. The predicted octanol–water partition coefficient (Wildman–Crippen LogP) is 2.15. The van der Waals surface area contributed by atoms with Crippen LogP contribution in [-0.4, -0.2) is 73.7 Å². The molecule has 1 aromatic rings. The highest BCUT2D eigenvalue weighted by Crippen LogP contribution is 2.27. The SMILES string of the molecule is CCNC(=NCc1cccnc1N1CCOCC1)NC1CCN(C(=O)C2CCCCC2)C1. The number of anilines is 1. The summed E-state index contributed by atoms with van der Waals surface area (Å²) in [5, 5.41) is 6.93. The lowest BCUT2D eigenvalue weighted by molar-refractivity contribution is -0.135. The minimum atomic E-state index is 0.243. The van der Waals surface area contributed by atoms with Crippen LogP contribution in [0.15, 0.2) is 23.3 Å². The second-order valence-corrected chi connectivity index (χ2v) is 9.03. The fourth-order valence-corrected chi connectivity index (χ4v) is 4.98. The van der Waals surface area contributed by atoms with Crippen molar-refractivity contribution in [3.05, 3.63) is 23.9 Å². The first-order chi connectivity index (χ1) is 15.7. The summed E-state index contributed by atoms with van der Waals surface area (Å²) in [5.41, 5.74) is 1.12. The molecule has 1 atom stereocenters. The molecule has 1 unspecified atom stereocenters. The van der Waals surface area contributed by atoms with Gasteiger partial charge < -0.3 is 25.2 Å². The lowest BCUT2D eigenvalue weighted by Crippen LogP contribution is -2.45. The smallest absolute Gasteiger partial charge is 0.225 e. The summed E-state index contributed by atoms with van der Waals surface area (Å²) >= 11 is 0. The van der Waals surface area contributed by atoms with Crippen LogP contribution in [0.4, 0.5) is 5.82 Å². The maximum Gasteiger partial charge on any atom is 0.225 e. The number of aliphatic imine (C=N–C) groups is 1. The predicted molar refractivity (Wildman–Crippen MR) is 127 cm³/mol. The van der Waals surface area contributed by atoms with Gasteiger partial charge in [-0.05, 0) is 32.3 Å². The first kappa shape index (κ1) is 22.8. The first-order valence-corrected chi connectivity index (χ1v) is 12.3. The Morgan fingerprint density at radius 1 is 1.19 bits per heavy atom. The maximum atomic E-state index is 12.9. The molecule has 0 radical (unpaired) electrons. The minimum absolute atomic E-state index is 0.243. The topological polar surface area (TPSA) is 82.1 Å². The number of nitrogens with one attached hydrogen (secondary N) is 2. The average Bonchev–Trinajstić information content (AvgIpc) is 3.32. The molecule has 0 spiro atoms. The number of hydrogen-bond acceptors (Lipinski definition) is 5. The number of carbonyl (C=O) groups is 1. The molecule has 1 aromatic heterocycles. The molecule has 2 saturated heterocycles. The van der Waals surface area contributed by atoms with Crippen LogP contribution in [0.1, 0.15) is 51.0 Å². The summed E-state index contributed by atoms with van der Waals surface area (Å²) in [4.78, 5) is 26.7. The van der Waals surface area contributed by atoms with Crippen molar-refractivity contribution in [2.75, 3.05) is 50.8 Å².